The first-order valence-corrected chi connectivity index (χ1v) is 6.96. The van der Waals surface area contributed by atoms with Crippen LogP contribution in [0.15, 0.2) is 30.6 Å². The molecule has 0 spiro atoms. The van der Waals surface area contributed by atoms with E-state index >= 15 is 0 Å². The molecule has 0 unspecified atom stereocenters. The Morgan fingerprint density at radius 3 is 2.52 bits per heavy atom. The Morgan fingerprint density at radius 1 is 1.17 bits per heavy atom. The number of primary amides is 1. The highest BCUT2D eigenvalue weighted by Crippen LogP contribution is 2.25. The van der Waals surface area contributed by atoms with Crippen LogP contribution in [0, 0.1) is 0 Å². The van der Waals surface area contributed by atoms with Crippen molar-refractivity contribution in [1.29, 1.82) is 0 Å². The van der Waals surface area contributed by atoms with Gasteiger partial charge in [-0.3, -0.25) is 9.59 Å². The molecule has 8 nitrogen and oxygen atoms in total. The molecule has 1 saturated heterocycles. The number of aromatic hydroxyl groups is 1. The van der Waals surface area contributed by atoms with Crippen molar-refractivity contribution < 1.29 is 19.4 Å². The van der Waals surface area contributed by atoms with Gasteiger partial charge >= 0.3 is 0 Å². The molecule has 8 heteroatoms. The van der Waals surface area contributed by atoms with Crippen LogP contribution in [0.25, 0.3) is 0 Å². The highest BCUT2D eigenvalue weighted by molar-refractivity contribution is 5.93. The number of phenols is 1. The van der Waals surface area contributed by atoms with Crippen molar-refractivity contribution in [2.75, 3.05) is 13.1 Å². The second kappa shape index (κ2) is 5.91. The number of carbonyl (C=O) groups excluding carboxylic acids is 2. The number of aromatic nitrogens is 2. The normalized spacial score (nSPS) is 13.3. The van der Waals surface area contributed by atoms with E-state index in [1.165, 1.54) is 30.6 Å². The summed E-state index contributed by atoms with van der Waals surface area (Å²) in [4.78, 5) is 32.8. The maximum atomic E-state index is 12.0. The van der Waals surface area contributed by atoms with E-state index in [0.29, 0.717) is 0 Å². The Kier molecular flexibility index (Phi) is 3.80. The van der Waals surface area contributed by atoms with Gasteiger partial charge in [-0.1, -0.05) is 0 Å². The summed E-state index contributed by atoms with van der Waals surface area (Å²) < 4.78 is 5.42. The van der Waals surface area contributed by atoms with Crippen molar-refractivity contribution in [3.63, 3.8) is 0 Å². The molecule has 0 atom stereocenters. The van der Waals surface area contributed by atoms with Crippen molar-refractivity contribution in [2.24, 2.45) is 5.73 Å². The van der Waals surface area contributed by atoms with E-state index in [-0.39, 0.29) is 34.5 Å². The van der Waals surface area contributed by atoms with Gasteiger partial charge in [-0.25, -0.2) is 9.97 Å². The van der Waals surface area contributed by atoms with Crippen LogP contribution in [-0.2, 0) is 0 Å². The fourth-order valence-electron chi connectivity index (χ4n) is 2.07. The highest BCUT2D eigenvalue weighted by Gasteiger charge is 2.22. The van der Waals surface area contributed by atoms with Crippen LogP contribution in [0.2, 0.25) is 0 Å². The molecule has 1 fully saturated rings. The van der Waals surface area contributed by atoms with Crippen LogP contribution in [-0.4, -0.2) is 44.9 Å². The minimum atomic E-state index is -0.688. The lowest BCUT2D eigenvalue weighted by Gasteiger charge is -2.30. The van der Waals surface area contributed by atoms with E-state index < -0.39 is 5.91 Å². The maximum absolute atomic E-state index is 12.0. The van der Waals surface area contributed by atoms with Gasteiger partial charge in [-0.2, -0.15) is 0 Å². The van der Waals surface area contributed by atoms with Crippen LogP contribution in [0.5, 0.6) is 17.4 Å². The standard InChI is InChI=1S/C15H14N4O4/c16-14(21)9-4-10(20)6-11(5-9)23-13-8-17-12(7-18-13)15(22)19-2-1-3-19/h4-8,20H,1-3H2,(H2,16,21). The lowest BCUT2D eigenvalue weighted by atomic mass is 10.2. The molecule has 118 valence electrons. The zero-order valence-electron chi connectivity index (χ0n) is 12.1. The molecule has 3 rings (SSSR count). The van der Waals surface area contributed by atoms with E-state index in [1.54, 1.807) is 4.90 Å². The van der Waals surface area contributed by atoms with Crippen molar-refractivity contribution in [3.8, 4) is 17.4 Å². The Morgan fingerprint density at radius 2 is 1.96 bits per heavy atom. The first-order valence-electron chi connectivity index (χ1n) is 6.96. The van der Waals surface area contributed by atoms with E-state index in [9.17, 15) is 14.7 Å². The first-order chi connectivity index (χ1) is 11.0. The third-order valence-corrected chi connectivity index (χ3v) is 3.39. The van der Waals surface area contributed by atoms with Gasteiger partial charge in [-0.05, 0) is 18.6 Å². The summed E-state index contributed by atoms with van der Waals surface area (Å²) in [5, 5.41) is 9.56. The number of nitrogens with zero attached hydrogens (tertiary/aromatic N) is 3. The molecule has 2 amide bonds. The predicted octanol–water partition coefficient (Wildman–Crippen LogP) is 0.919. The Labute approximate surface area is 131 Å². The molecule has 0 radical (unpaired) electrons. The molecule has 0 bridgehead atoms. The van der Waals surface area contributed by atoms with Crippen LogP contribution in [0.1, 0.15) is 27.3 Å². The maximum Gasteiger partial charge on any atom is 0.274 e. The molecule has 3 N–H and O–H groups in total. The summed E-state index contributed by atoms with van der Waals surface area (Å²) >= 11 is 0. The largest absolute Gasteiger partial charge is 0.508 e. The Balaban J connectivity index is 1.75. The van der Waals surface area contributed by atoms with E-state index in [0.717, 1.165) is 19.5 Å². The van der Waals surface area contributed by atoms with Crippen molar-refractivity contribution in [2.45, 2.75) is 6.42 Å². The molecule has 23 heavy (non-hydrogen) atoms. The average Bonchev–Trinajstić information content (AvgIpc) is 2.45. The zero-order chi connectivity index (χ0) is 16.4. The Bertz CT molecular complexity index is 757. The number of benzene rings is 1. The Hall–Kier alpha value is -3.16. The number of nitrogens with two attached hydrogens (primary N) is 1. The fourth-order valence-corrected chi connectivity index (χ4v) is 2.07. The third kappa shape index (κ3) is 3.20. The number of phenolic OH excluding ortho intramolecular Hbond substituents is 1. The van der Waals surface area contributed by atoms with Gasteiger partial charge in [0.25, 0.3) is 5.91 Å². The van der Waals surface area contributed by atoms with E-state index in [1.807, 2.05) is 0 Å². The highest BCUT2D eigenvalue weighted by atomic mass is 16.5. The number of hydrogen-bond donors (Lipinski definition) is 2. The molecule has 1 aliphatic heterocycles. The number of rotatable bonds is 4. The van der Waals surface area contributed by atoms with Gasteiger partial charge in [0.15, 0.2) is 0 Å². The molecular formula is C15H14N4O4. The van der Waals surface area contributed by atoms with Gasteiger partial charge in [0.2, 0.25) is 11.8 Å². The van der Waals surface area contributed by atoms with Gasteiger partial charge in [0, 0.05) is 24.7 Å². The fraction of sp³-hybridized carbons (Fsp3) is 0.200. The van der Waals surface area contributed by atoms with Gasteiger partial charge < -0.3 is 20.5 Å². The van der Waals surface area contributed by atoms with Crippen LogP contribution in [0.3, 0.4) is 0 Å². The molecule has 1 aliphatic rings. The summed E-state index contributed by atoms with van der Waals surface area (Å²) in [7, 11) is 0. The van der Waals surface area contributed by atoms with Crippen LogP contribution in [0.4, 0.5) is 0 Å². The molecule has 2 aromatic rings. The summed E-state index contributed by atoms with van der Waals surface area (Å²) in [6.07, 6.45) is 3.63. The second-order valence-electron chi connectivity index (χ2n) is 5.07. The minimum Gasteiger partial charge on any atom is -0.508 e. The SMILES string of the molecule is NC(=O)c1cc(O)cc(Oc2cnc(C(=O)N3CCC3)cn2)c1. The number of carbonyl (C=O) groups is 2. The topological polar surface area (TPSA) is 119 Å². The lowest BCUT2D eigenvalue weighted by Crippen LogP contribution is -2.42. The van der Waals surface area contributed by atoms with Gasteiger partial charge in [-0.15, -0.1) is 0 Å². The van der Waals surface area contributed by atoms with Crippen LogP contribution < -0.4 is 10.5 Å². The zero-order valence-corrected chi connectivity index (χ0v) is 12.1. The molecular weight excluding hydrogens is 300 g/mol. The van der Waals surface area contributed by atoms with E-state index in [2.05, 4.69) is 9.97 Å². The van der Waals surface area contributed by atoms with Crippen molar-refractivity contribution >= 4 is 11.8 Å². The van der Waals surface area contributed by atoms with Crippen LogP contribution >= 0.6 is 0 Å². The first kappa shape index (κ1) is 14.8. The number of likely N-dealkylation sites (tertiary alicyclic amines) is 1. The molecule has 1 aromatic carbocycles. The minimum absolute atomic E-state index is 0.109. The monoisotopic (exact) mass is 314 g/mol. The number of amides is 2. The van der Waals surface area contributed by atoms with Crippen molar-refractivity contribution in [3.05, 3.63) is 41.9 Å². The number of hydrogen-bond acceptors (Lipinski definition) is 6. The van der Waals surface area contributed by atoms with Gasteiger partial charge in [0.1, 0.15) is 17.2 Å². The van der Waals surface area contributed by atoms with Gasteiger partial charge in [0.05, 0.1) is 12.4 Å². The quantitative estimate of drug-likeness (QED) is 0.866. The van der Waals surface area contributed by atoms with Crippen molar-refractivity contribution in [1.82, 2.24) is 14.9 Å². The van der Waals surface area contributed by atoms with E-state index in [4.69, 9.17) is 10.5 Å². The number of ether oxygens (including phenoxy) is 1. The smallest absolute Gasteiger partial charge is 0.274 e. The lowest BCUT2D eigenvalue weighted by molar-refractivity contribution is 0.0645. The second-order valence-corrected chi connectivity index (χ2v) is 5.07. The predicted molar refractivity (Wildman–Crippen MR) is 79.3 cm³/mol. The molecule has 0 aliphatic carbocycles. The average molecular weight is 314 g/mol. The molecule has 1 aromatic heterocycles. The molecule has 2 heterocycles. The summed E-state index contributed by atoms with van der Waals surface area (Å²) in [5.74, 6) is -0.689. The summed E-state index contributed by atoms with van der Waals surface area (Å²) in [6.45, 7) is 1.47. The third-order valence-electron chi connectivity index (χ3n) is 3.39. The summed E-state index contributed by atoms with van der Waals surface area (Å²) in [5.41, 5.74) is 5.52. The molecule has 0 saturated carbocycles. The summed E-state index contributed by atoms with van der Waals surface area (Å²) in [6, 6.07) is 3.92.